The molecule has 9 heteroatoms. The molecule has 134 valence electrons. The van der Waals surface area contributed by atoms with Crippen molar-refractivity contribution in [1.82, 2.24) is 9.97 Å². The van der Waals surface area contributed by atoms with Crippen LogP contribution < -0.4 is 14.4 Å². The summed E-state index contributed by atoms with van der Waals surface area (Å²) in [7, 11) is -1.81. The molecule has 3 rings (SSSR count). The summed E-state index contributed by atoms with van der Waals surface area (Å²) in [6.07, 6.45) is 4.36. The maximum absolute atomic E-state index is 11.4. The Kier molecular flexibility index (Phi) is 5.05. The number of sulfonamides is 1. The highest BCUT2D eigenvalue weighted by Crippen LogP contribution is 2.37. The van der Waals surface area contributed by atoms with E-state index in [9.17, 15) is 8.42 Å². The molecule has 2 aromatic rings. The van der Waals surface area contributed by atoms with E-state index in [1.165, 1.54) is 6.33 Å². The molecule has 0 unspecified atom stereocenters. The first-order valence-corrected chi connectivity index (χ1v) is 9.66. The molecule has 0 spiro atoms. The van der Waals surface area contributed by atoms with Gasteiger partial charge in [0.2, 0.25) is 10.0 Å². The molecule has 0 aliphatic carbocycles. The Morgan fingerprint density at radius 3 is 2.68 bits per heavy atom. The van der Waals surface area contributed by atoms with Crippen molar-refractivity contribution >= 4 is 21.5 Å². The molecule has 1 aromatic carbocycles. The Morgan fingerprint density at radius 1 is 1.24 bits per heavy atom. The predicted octanol–water partition coefficient (Wildman–Crippen LogP) is 1.36. The number of morpholine rings is 1. The van der Waals surface area contributed by atoms with E-state index in [0.29, 0.717) is 24.7 Å². The topological polar surface area (TPSA) is 93.6 Å². The van der Waals surface area contributed by atoms with Crippen LogP contribution in [0.4, 0.5) is 11.5 Å². The lowest BCUT2D eigenvalue weighted by molar-refractivity contribution is 0.122. The van der Waals surface area contributed by atoms with E-state index in [1.54, 1.807) is 31.5 Å². The fourth-order valence-corrected chi connectivity index (χ4v) is 3.29. The molecule has 1 aliphatic heterocycles. The fourth-order valence-electron chi connectivity index (χ4n) is 2.73. The highest BCUT2D eigenvalue weighted by Gasteiger charge is 2.19. The lowest BCUT2D eigenvalue weighted by Gasteiger charge is -2.29. The molecular formula is C16H20N4O4S. The third kappa shape index (κ3) is 4.18. The minimum atomic E-state index is -3.36. The van der Waals surface area contributed by atoms with Gasteiger partial charge in [-0.1, -0.05) is 0 Å². The molecule has 1 aromatic heterocycles. The summed E-state index contributed by atoms with van der Waals surface area (Å²) in [5.74, 6) is 1.35. The van der Waals surface area contributed by atoms with Gasteiger partial charge in [-0.05, 0) is 12.1 Å². The molecule has 1 saturated heterocycles. The second kappa shape index (κ2) is 7.24. The quantitative estimate of drug-likeness (QED) is 0.856. The van der Waals surface area contributed by atoms with Crippen molar-refractivity contribution in [2.45, 2.75) is 0 Å². The predicted molar refractivity (Wildman–Crippen MR) is 95.5 cm³/mol. The Balaban J connectivity index is 2.01. The number of benzene rings is 1. The normalized spacial score (nSPS) is 15.0. The number of aromatic nitrogens is 2. The van der Waals surface area contributed by atoms with Crippen molar-refractivity contribution in [1.29, 1.82) is 0 Å². The van der Waals surface area contributed by atoms with E-state index in [-0.39, 0.29) is 0 Å². The van der Waals surface area contributed by atoms with Crippen LogP contribution in [0.2, 0.25) is 0 Å². The second-order valence-corrected chi connectivity index (χ2v) is 7.40. The summed E-state index contributed by atoms with van der Waals surface area (Å²) in [5, 5.41) is 0. The van der Waals surface area contributed by atoms with Crippen LogP contribution in [0.25, 0.3) is 11.1 Å². The smallest absolute Gasteiger partial charge is 0.229 e. The lowest BCUT2D eigenvalue weighted by atomic mass is 10.1. The van der Waals surface area contributed by atoms with Crippen LogP contribution in [-0.2, 0) is 14.8 Å². The van der Waals surface area contributed by atoms with Crippen LogP contribution in [0.3, 0.4) is 0 Å². The first-order chi connectivity index (χ1) is 12.0. The minimum absolute atomic E-state index is 0.438. The minimum Gasteiger partial charge on any atom is -0.496 e. The van der Waals surface area contributed by atoms with Crippen LogP contribution in [0, 0.1) is 0 Å². The van der Waals surface area contributed by atoms with E-state index in [2.05, 4.69) is 19.6 Å². The van der Waals surface area contributed by atoms with Gasteiger partial charge in [-0.15, -0.1) is 0 Å². The Bertz CT molecular complexity index is 851. The zero-order valence-electron chi connectivity index (χ0n) is 14.1. The molecule has 0 bridgehead atoms. The zero-order valence-corrected chi connectivity index (χ0v) is 14.9. The average molecular weight is 364 g/mol. The third-order valence-corrected chi connectivity index (χ3v) is 4.40. The molecule has 0 amide bonds. The van der Waals surface area contributed by atoms with Crippen molar-refractivity contribution in [3.05, 3.63) is 30.7 Å². The van der Waals surface area contributed by atoms with Crippen molar-refractivity contribution in [2.24, 2.45) is 0 Å². The van der Waals surface area contributed by atoms with Gasteiger partial charge < -0.3 is 14.4 Å². The van der Waals surface area contributed by atoms with E-state index in [4.69, 9.17) is 9.47 Å². The Hall–Kier alpha value is -2.39. The molecular weight excluding hydrogens is 344 g/mol. The fraction of sp³-hybridized carbons (Fsp3) is 0.375. The number of methoxy groups -OCH3 is 1. The van der Waals surface area contributed by atoms with Gasteiger partial charge >= 0.3 is 0 Å². The molecule has 1 aliphatic rings. The molecule has 8 nitrogen and oxygen atoms in total. The third-order valence-electron chi connectivity index (χ3n) is 3.80. The SMILES string of the molecule is COc1cc(NS(C)(=O)=O)ccc1-c1cncnc1N1CCOCC1. The summed E-state index contributed by atoms with van der Waals surface area (Å²) in [6, 6.07) is 5.14. The number of hydrogen-bond acceptors (Lipinski definition) is 7. The van der Waals surface area contributed by atoms with Gasteiger partial charge in [-0.25, -0.2) is 18.4 Å². The molecule has 1 N–H and O–H groups in total. The summed E-state index contributed by atoms with van der Waals surface area (Å²) in [6.45, 7) is 2.80. The number of rotatable bonds is 5. The van der Waals surface area contributed by atoms with Crippen LogP contribution in [0.5, 0.6) is 5.75 Å². The largest absolute Gasteiger partial charge is 0.496 e. The summed E-state index contributed by atoms with van der Waals surface area (Å²) < 4.78 is 36.2. The van der Waals surface area contributed by atoms with E-state index in [1.807, 2.05) is 0 Å². The van der Waals surface area contributed by atoms with E-state index >= 15 is 0 Å². The van der Waals surface area contributed by atoms with Crippen molar-refractivity contribution < 1.29 is 17.9 Å². The van der Waals surface area contributed by atoms with Crippen molar-refractivity contribution in [3.8, 4) is 16.9 Å². The summed E-state index contributed by atoms with van der Waals surface area (Å²) >= 11 is 0. The molecule has 0 radical (unpaired) electrons. The summed E-state index contributed by atoms with van der Waals surface area (Å²) in [5.41, 5.74) is 2.06. The van der Waals surface area contributed by atoms with Gasteiger partial charge in [-0.2, -0.15) is 0 Å². The number of hydrogen-bond donors (Lipinski definition) is 1. The average Bonchev–Trinajstić information content (AvgIpc) is 2.61. The van der Waals surface area contributed by atoms with Crippen LogP contribution >= 0.6 is 0 Å². The van der Waals surface area contributed by atoms with Crippen molar-refractivity contribution in [2.75, 3.05) is 49.3 Å². The molecule has 0 saturated carbocycles. The molecule has 2 heterocycles. The van der Waals surface area contributed by atoms with Crippen molar-refractivity contribution in [3.63, 3.8) is 0 Å². The van der Waals surface area contributed by atoms with Gasteiger partial charge in [0.25, 0.3) is 0 Å². The van der Waals surface area contributed by atoms with Gasteiger partial charge in [0.15, 0.2) is 0 Å². The van der Waals surface area contributed by atoms with Gasteiger partial charge in [0, 0.05) is 36.5 Å². The lowest BCUT2D eigenvalue weighted by Crippen LogP contribution is -2.37. The van der Waals surface area contributed by atoms with Gasteiger partial charge in [0.1, 0.15) is 17.9 Å². The van der Waals surface area contributed by atoms with Crippen LogP contribution in [0.15, 0.2) is 30.7 Å². The molecule has 1 fully saturated rings. The monoisotopic (exact) mass is 364 g/mol. The Labute approximate surface area is 146 Å². The standard InChI is InChI=1S/C16H20N4O4S/c1-23-15-9-12(19-25(2,21)22)3-4-13(15)14-10-17-11-18-16(14)20-5-7-24-8-6-20/h3-4,9-11,19H,5-8H2,1-2H3. The number of ether oxygens (including phenoxy) is 2. The van der Waals surface area contributed by atoms with Gasteiger partial charge in [-0.3, -0.25) is 4.72 Å². The van der Waals surface area contributed by atoms with Crippen LogP contribution in [0.1, 0.15) is 0 Å². The van der Waals surface area contributed by atoms with E-state index < -0.39 is 10.0 Å². The highest BCUT2D eigenvalue weighted by atomic mass is 32.2. The highest BCUT2D eigenvalue weighted by molar-refractivity contribution is 7.92. The number of anilines is 2. The Morgan fingerprint density at radius 2 is 2.00 bits per heavy atom. The van der Waals surface area contributed by atoms with Gasteiger partial charge in [0.05, 0.1) is 32.3 Å². The first kappa shape index (κ1) is 17.4. The molecule has 0 atom stereocenters. The maximum atomic E-state index is 11.4. The second-order valence-electron chi connectivity index (χ2n) is 5.65. The molecule has 25 heavy (non-hydrogen) atoms. The zero-order chi connectivity index (χ0) is 17.9. The number of nitrogens with one attached hydrogen (secondary N) is 1. The maximum Gasteiger partial charge on any atom is 0.229 e. The van der Waals surface area contributed by atoms with Crippen LogP contribution in [-0.4, -0.2) is 58.1 Å². The number of nitrogens with zero attached hydrogens (tertiary/aromatic N) is 3. The first-order valence-electron chi connectivity index (χ1n) is 7.77. The van der Waals surface area contributed by atoms with E-state index in [0.717, 1.165) is 36.3 Å². The summed E-state index contributed by atoms with van der Waals surface area (Å²) in [4.78, 5) is 10.7.